The lowest BCUT2D eigenvalue weighted by Crippen LogP contribution is -2.47. The van der Waals surface area contributed by atoms with Gasteiger partial charge in [0.25, 0.3) is 0 Å². The molecule has 3 rings (SSSR count). The summed E-state index contributed by atoms with van der Waals surface area (Å²) < 4.78 is 12.9. The fourth-order valence-corrected chi connectivity index (χ4v) is 3.92. The van der Waals surface area contributed by atoms with Crippen LogP contribution in [0.4, 0.5) is 4.39 Å². The molecule has 1 atom stereocenters. The molecule has 1 aromatic carbocycles. The first-order chi connectivity index (χ1) is 12.2. The summed E-state index contributed by atoms with van der Waals surface area (Å²) in [5, 5.41) is 8.86. The van der Waals surface area contributed by atoms with Crippen molar-refractivity contribution in [2.75, 3.05) is 20.1 Å². The number of nitrogens with one attached hydrogen (secondary N) is 2. The van der Waals surface area contributed by atoms with Gasteiger partial charge in [-0.2, -0.15) is 0 Å². The van der Waals surface area contributed by atoms with Crippen LogP contribution < -0.4 is 10.6 Å². The summed E-state index contributed by atoms with van der Waals surface area (Å²) in [6, 6.07) is 9.19. The van der Waals surface area contributed by atoms with Gasteiger partial charge >= 0.3 is 0 Å². The molecule has 134 valence electrons. The van der Waals surface area contributed by atoms with E-state index in [-0.39, 0.29) is 5.82 Å². The van der Waals surface area contributed by atoms with Gasteiger partial charge in [0, 0.05) is 44.1 Å². The fraction of sp³-hybridized carbons (Fsp3) is 0.421. The predicted octanol–water partition coefficient (Wildman–Crippen LogP) is 3.00. The summed E-state index contributed by atoms with van der Waals surface area (Å²) in [5.41, 5.74) is 2.50. The van der Waals surface area contributed by atoms with Gasteiger partial charge in [0.05, 0.1) is 0 Å². The molecule has 0 saturated heterocycles. The van der Waals surface area contributed by atoms with Crippen LogP contribution >= 0.6 is 11.3 Å². The van der Waals surface area contributed by atoms with E-state index in [0.29, 0.717) is 12.6 Å². The van der Waals surface area contributed by atoms with Crippen LogP contribution in [0.15, 0.2) is 40.7 Å². The third-order valence-corrected chi connectivity index (χ3v) is 5.65. The van der Waals surface area contributed by atoms with Crippen molar-refractivity contribution in [1.29, 1.82) is 0 Å². The monoisotopic (exact) mass is 360 g/mol. The Morgan fingerprint density at radius 3 is 2.84 bits per heavy atom. The highest BCUT2D eigenvalue weighted by molar-refractivity contribution is 7.10. The van der Waals surface area contributed by atoms with Gasteiger partial charge in [-0.1, -0.05) is 12.1 Å². The molecule has 4 nitrogen and oxygen atoms in total. The Morgan fingerprint density at radius 1 is 1.28 bits per heavy atom. The molecule has 0 fully saturated rings. The van der Waals surface area contributed by atoms with E-state index in [1.54, 1.807) is 19.2 Å². The van der Waals surface area contributed by atoms with Crippen LogP contribution in [0.3, 0.4) is 0 Å². The topological polar surface area (TPSA) is 39.7 Å². The number of nitrogens with zero attached hydrogens (tertiary/aromatic N) is 2. The molecular weight excluding hydrogens is 335 g/mol. The number of hydrogen-bond acceptors (Lipinski definition) is 3. The average molecular weight is 361 g/mol. The number of guanidine groups is 1. The van der Waals surface area contributed by atoms with Crippen molar-refractivity contribution in [2.45, 2.75) is 32.5 Å². The SMILES string of the molecule is CN=C(NCc1ccc(F)cc1)NCC(C)N1CCc2sccc2C1. The first kappa shape index (κ1) is 17.9. The fourth-order valence-electron chi connectivity index (χ4n) is 3.03. The van der Waals surface area contributed by atoms with Crippen molar-refractivity contribution in [3.8, 4) is 0 Å². The maximum Gasteiger partial charge on any atom is 0.191 e. The molecule has 0 amide bonds. The number of hydrogen-bond donors (Lipinski definition) is 2. The van der Waals surface area contributed by atoms with Gasteiger partial charge in [-0.3, -0.25) is 9.89 Å². The van der Waals surface area contributed by atoms with E-state index >= 15 is 0 Å². The minimum atomic E-state index is -0.213. The molecule has 2 N–H and O–H groups in total. The van der Waals surface area contributed by atoms with Crippen LogP contribution in [0.1, 0.15) is 22.9 Å². The number of benzene rings is 1. The molecule has 2 heterocycles. The minimum absolute atomic E-state index is 0.213. The van der Waals surface area contributed by atoms with Crippen LogP contribution in [-0.4, -0.2) is 37.0 Å². The van der Waals surface area contributed by atoms with Crippen molar-refractivity contribution >= 4 is 17.3 Å². The highest BCUT2D eigenvalue weighted by Crippen LogP contribution is 2.24. The van der Waals surface area contributed by atoms with Crippen LogP contribution in [0.2, 0.25) is 0 Å². The number of aliphatic imine (C=N–C) groups is 1. The lowest BCUT2D eigenvalue weighted by molar-refractivity contribution is 0.192. The first-order valence-electron chi connectivity index (χ1n) is 8.64. The Bertz CT molecular complexity index is 710. The maximum absolute atomic E-state index is 12.9. The molecule has 0 aliphatic carbocycles. The van der Waals surface area contributed by atoms with Gasteiger partial charge in [0.1, 0.15) is 5.82 Å². The first-order valence-corrected chi connectivity index (χ1v) is 9.52. The standard InChI is InChI=1S/C19H25FN4S/c1-14(24-9-7-18-16(13-24)8-10-25-18)11-22-19(21-2)23-12-15-3-5-17(20)6-4-15/h3-6,8,10,14H,7,9,11-13H2,1-2H3,(H2,21,22,23). The lowest BCUT2D eigenvalue weighted by Gasteiger charge is -2.32. The molecule has 25 heavy (non-hydrogen) atoms. The number of thiophene rings is 1. The zero-order valence-electron chi connectivity index (χ0n) is 14.8. The lowest BCUT2D eigenvalue weighted by atomic mass is 10.1. The second kappa shape index (κ2) is 8.45. The molecule has 0 spiro atoms. The molecule has 0 bridgehead atoms. The van der Waals surface area contributed by atoms with Gasteiger partial charge in [-0.25, -0.2) is 4.39 Å². The minimum Gasteiger partial charge on any atom is -0.355 e. The third kappa shape index (κ3) is 4.80. The van der Waals surface area contributed by atoms with Crippen molar-refractivity contribution in [3.05, 3.63) is 57.5 Å². The maximum atomic E-state index is 12.9. The highest BCUT2D eigenvalue weighted by atomic mass is 32.1. The Morgan fingerprint density at radius 2 is 2.08 bits per heavy atom. The van der Waals surface area contributed by atoms with Gasteiger partial charge in [-0.05, 0) is 48.1 Å². The molecule has 2 aromatic rings. The Labute approximate surface area is 152 Å². The van der Waals surface area contributed by atoms with Gasteiger partial charge in [0.15, 0.2) is 5.96 Å². The van der Waals surface area contributed by atoms with Crippen molar-refractivity contribution in [3.63, 3.8) is 0 Å². The zero-order valence-corrected chi connectivity index (χ0v) is 15.6. The van der Waals surface area contributed by atoms with E-state index in [0.717, 1.165) is 37.6 Å². The van der Waals surface area contributed by atoms with E-state index in [2.05, 4.69) is 38.9 Å². The van der Waals surface area contributed by atoms with Gasteiger partial charge < -0.3 is 10.6 Å². The third-order valence-electron chi connectivity index (χ3n) is 4.62. The zero-order chi connectivity index (χ0) is 17.6. The normalized spacial score (nSPS) is 16.4. The largest absolute Gasteiger partial charge is 0.355 e. The summed E-state index contributed by atoms with van der Waals surface area (Å²) in [7, 11) is 1.77. The number of rotatable bonds is 5. The van der Waals surface area contributed by atoms with Gasteiger partial charge in [-0.15, -0.1) is 11.3 Å². The summed E-state index contributed by atoms with van der Waals surface area (Å²) in [4.78, 5) is 8.31. The quantitative estimate of drug-likeness (QED) is 0.636. The summed E-state index contributed by atoms with van der Waals surface area (Å²) in [6.07, 6.45) is 1.15. The smallest absolute Gasteiger partial charge is 0.191 e. The predicted molar refractivity (Wildman–Crippen MR) is 102 cm³/mol. The molecule has 0 radical (unpaired) electrons. The van der Waals surface area contributed by atoms with E-state index in [4.69, 9.17) is 0 Å². The molecule has 1 unspecified atom stereocenters. The van der Waals surface area contributed by atoms with Crippen LogP contribution in [0, 0.1) is 5.82 Å². The highest BCUT2D eigenvalue weighted by Gasteiger charge is 2.21. The van der Waals surface area contributed by atoms with Crippen molar-refractivity contribution < 1.29 is 4.39 Å². The number of fused-ring (bicyclic) bond motifs is 1. The van der Waals surface area contributed by atoms with Crippen molar-refractivity contribution in [1.82, 2.24) is 15.5 Å². The van der Waals surface area contributed by atoms with E-state index in [9.17, 15) is 4.39 Å². The van der Waals surface area contributed by atoms with Crippen LogP contribution in [0.25, 0.3) is 0 Å². The Balaban J connectivity index is 1.45. The summed E-state index contributed by atoms with van der Waals surface area (Å²) in [5.74, 6) is 0.555. The molecule has 6 heteroatoms. The van der Waals surface area contributed by atoms with Crippen molar-refractivity contribution in [2.24, 2.45) is 4.99 Å². The van der Waals surface area contributed by atoms with E-state index < -0.39 is 0 Å². The van der Waals surface area contributed by atoms with E-state index in [1.165, 1.54) is 22.6 Å². The molecule has 1 aliphatic rings. The number of halogens is 1. The summed E-state index contributed by atoms with van der Waals surface area (Å²) in [6.45, 7) is 5.84. The molecular formula is C19H25FN4S. The average Bonchev–Trinajstić information content (AvgIpc) is 3.10. The molecule has 0 saturated carbocycles. The second-order valence-corrected chi connectivity index (χ2v) is 7.37. The van der Waals surface area contributed by atoms with E-state index in [1.807, 2.05) is 11.3 Å². The second-order valence-electron chi connectivity index (χ2n) is 6.37. The molecule has 1 aromatic heterocycles. The summed E-state index contributed by atoms with van der Waals surface area (Å²) >= 11 is 1.87. The molecule has 1 aliphatic heterocycles. The Hall–Kier alpha value is -1.92. The van der Waals surface area contributed by atoms with Gasteiger partial charge in [0.2, 0.25) is 0 Å². The van der Waals surface area contributed by atoms with Crippen LogP contribution in [-0.2, 0) is 19.5 Å². The Kier molecular flexibility index (Phi) is 6.04. The van der Waals surface area contributed by atoms with Crippen LogP contribution in [0.5, 0.6) is 0 Å².